The highest BCUT2D eigenvalue weighted by Gasteiger charge is 2.20. The zero-order valence-electron chi connectivity index (χ0n) is 15.7. The van der Waals surface area contributed by atoms with Gasteiger partial charge in [0.1, 0.15) is 17.7 Å². The molecule has 1 aromatic carbocycles. The fourth-order valence-corrected chi connectivity index (χ4v) is 3.29. The number of aromatic nitrogens is 2. The van der Waals surface area contributed by atoms with E-state index in [0.717, 1.165) is 50.6 Å². The molecule has 2 aromatic rings. The lowest BCUT2D eigenvalue weighted by Gasteiger charge is -2.32. The molecule has 0 unspecified atom stereocenters. The molecule has 6 nitrogen and oxygen atoms in total. The molecule has 1 saturated heterocycles. The van der Waals surface area contributed by atoms with Gasteiger partial charge in [-0.3, -0.25) is 0 Å². The monoisotopic (exact) mass is 409 g/mol. The van der Waals surface area contributed by atoms with Gasteiger partial charge in [-0.1, -0.05) is 23.2 Å². The van der Waals surface area contributed by atoms with Crippen molar-refractivity contribution in [2.75, 3.05) is 50.5 Å². The Labute approximate surface area is 170 Å². The lowest BCUT2D eigenvalue weighted by Crippen LogP contribution is -2.40. The standard InChI is InChI=1S/C19H25Cl2N5O/c1-25(2)19-23-8-5-18(24-19)22-9-12-26-10-6-14(7-11-26)27-15-3-4-16(20)17(21)13-15/h3-5,8,13-14H,6-7,9-12H2,1-2H3,(H,22,23,24). The molecule has 146 valence electrons. The van der Waals surface area contributed by atoms with Crippen LogP contribution in [0.2, 0.25) is 10.0 Å². The first-order chi connectivity index (χ1) is 13.0. The van der Waals surface area contributed by atoms with Crippen LogP contribution in [-0.4, -0.2) is 61.2 Å². The second-order valence-corrected chi connectivity index (χ2v) is 7.61. The van der Waals surface area contributed by atoms with Crippen molar-refractivity contribution in [3.63, 3.8) is 0 Å². The van der Waals surface area contributed by atoms with Gasteiger partial charge in [-0.25, -0.2) is 4.98 Å². The lowest BCUT2D eigenvalue weighted by atomic mass is 10.1. The summed E-state index contributed by atoms with van der Waals surface area (Å²) in [5.41, 5.74) is 0. The van der Waals surface area contributed by atoms with E-state index in [0.29, 0.717) is 16.0 Å². The quantitative estimate of drug-likeness (QED) is 0.750. The summed E-state index contributed by atoms with van der Waals surface area (Å²) in [5.74, 6) is 2.34. The van der Waals surface area contributed by atoms with Crippen molar-refractivity contribution < 1.29 is 4.74 Å². The van der Waals surface area contributed by atoms with Crippen molar-refractivity contribution in [2.24, 2.45) is 0 Å². The summed E-state index contributed by atoms with van der Waals surface area (Å²) >= 11 is 12.0. The number of anilines is 2. The molecule has 1 aliphatic rings. The Morgan fingerprint density at radius 2 is 1.96 bits per heavy atom. The van der Waals surface area contributed by atoms with Gasteiger partial charge in [0.25, 0.3) is 0 Å². The van der Waals surface area contributed by atoms with Gasteiger partial charge in [-0.2, -0.15) is 4.98 Å². The molecule has 27 heavy (non-hydrogen) atoms. The van der Waals surface area contributed by atoms with Gasteiger partial charge < -0.3 is 19.9 Å². The highest BCUT2D eigenvalue weighted by Crippen LogP contribution is 2.28. The van der Waals surface area contributed by atoms with Crippen LogP contribution >= 0.6 is 23.2 Å². The van der Waals surface area contributed by atoms with Crippen LogP contribution in [0.4, 0.5) is 11.8 Å². The fraction of sp³-hybridized carbons (Fsp3) is 0.474. The summed E-state index contributed by atoms with van der Waals surface area (Å²) in [4.78, 5) is 13.0. The summed E-state index contributed by atoms with van der Waals surface area (Å²) in [6.45, 7) is 3.85. The molecule has 0 spiro atoms. The van der Waals surface area contributed by atoms with Gasteiger partial charge in [0.05, 0.1) is 10.0 Å². The van der Waals surface area contributed by atoms with Gasteiger partial charge >= 0.3 is 0 Å². The molecular formula is C19H25Cl2N5O. The van der Waals surface area contributed by atoms with E-state index < -0.39 is 0 Å². The van der Waals surface area contributed by atoms with Crippen molar-refractivity contribution in [2.45, 2.75) is 18.9 Å². The molecule has 0 bridgehead atoms. The largest absolute Gasteiger partial charge is 0.490 e. The maximum absolute atomic E-state index is 6.05. The second kappa shape index (κ2) is 9.44. The van der Waals surface area contributed by atoms with Gasteiger partial charge in [0.2, 0.25) is 5.95 Å². The summed E-state index contributed by atoms with van der Waals surface area (Å²) in [6.07, 6.45) is 3.99. The first kappa shape index (κ1) is 20.0. The van der Waals surface area contributed by atoms with Crippen molar-refractivity contribution in [3.05, 3.63) is 40.5 Å². The maximum Gasteiger partial charge on any atom is 0.226 e. The third-order valence-electron chi connectivity index (χ3n) is 4.51. The van der Waals surface area contributed by atoms with Crippen LogP contribution in [0.1, 0.15) is 12.8 Å². The average molecular weight is 410 g/mol. The van der Waals surface area contributed by atoms with Crippen LogP contribution in [0.15, 0.2) is 30.5 Å². The molecule has 1 aromatic heterocycles. The second-order valence-electron chi connectivity index (χ2n) is 6.80. The first-order valence-corrected chi connectivity index (χ1v) is 9.85. The topological polar surface area (TPSA) is 53.5 Å². The summed E-state index contributed by atoms with van der Waals surface area (Å²) in [5, 5.41) is 4.45. The minimum absolute atomic E-state index is 0.218. The summed E-state index contributed by atoms with van der Waals surface area (Å²) < 4.78 is 6.04. The van der Waals surface area contributed by atoms with Crippen LogP contribution in [0.3, 0.4) is 0 Å². The Kier molecular flexibility index (Phi) is 6.99. The zero-order chi connectivity index (χ0) is 19.2. The molecule has 2 heterocycles. The van der Waals surface area contributed by atoms with Crippen molar-refractivity contribution >= 4 is 35.0 Å². The number of ether oxygens (including phenoxy) is 1. The average Bonchev–Trinajstić information content (AvgIpc) is 2.66. The van der Waals surface area contributed by atoms with Crippen LogP contribution in [0.25, 0.3) is 0 Å². The smallest absolute Gasteiger partial charge is 0.226 e. The Bertz CT molecular complexity index is 751. The minimum atomic E-state index is 0.218. The Hall–Kier alpha value is -1.76. The van der Waals surface area contributed by atoms with Crippen LogP contribution < -0.4 is 15.0 Å². The van der Waals surface area contributed by atoms with Crippen LogP contribution in [0, 0.1) is 0 Å². The SMILES string of the molecule is CN(C)c1nccc(NCCN2CCC(Oc3ccc(Cl)c(Cl)c3)CC2)n1. The van der Waals surface area contributed by atoms with E-state index in [4.69, 9.17) is 27.9 Å². The van der Waals surface area contributed by atoms with Gasteiger partial charge in [-0.15, -0.1) is 0 Å². The number of halogens is 2. The maximum atomic E-state index is 6.05. The van der Waals surface area contributed by atoms with Gasteiger partial charge in [0, 0.05) is 52.5 Å². The van der Waals surface area contributed by atoms with Gasteiger partial charge in [-0.05, 0) is 31.0 Å². The fourth-order valence-electron chi connectivity index (χ4n) is 3.00. The molecule has 1 N–H and O–H groups in total. The Balaban J connectivity index is 1.39. The van der Waals surface area contributed by atoms with E-state index in [-0.39, 0.29) is 6.10 Å². The summed E-state index contributed by atoms with van der Waals surface area (Å²) in [6, 6.07) is 7.32. The lowest BCUT2D eigenvalue weighted by molar-refractivity contribution is 0.103. The Morgan fingerprint density at radius 1 is 1.19 bits per heavy atom. The number of benzene rings is 1. The van der Waals surface area contributed by atoms with Gasteiger partial charge in [0.15, 0.2) is 0 Å². The van der Waals surface area contributed by atoms with E-state index in [2.05, 4.69) is 20.2 Å². The molecule has 0 atom stereocenters. The molecule has 0 radical (unpaired) electrons. The Morgan fingerprint density at radius 3 is 2.67 bits per heavy atom. The molecule has 8 heteroatoms. The molecule has 0 amide bonds. The van der Waals surface area contributed by atoms with E-state index in [1.54, 1.807) is 18.3 Å². The normalized spacial score (nSPS) is 15.6. The number of rotatable bonds is 7. The van der Waals surface area contributed by atoms with Crippen molar-refractivity contribution in [1.82, 2.24) is 14.9 Å². The summed E-state index contributed by atoms with van der Waals surface area (Å²) in [7, 11) is 3.87. The molecule has 0 saturated carbocycles. The highest BCUT2D eigenvalue weighted by atomic mass is 35.5. The molecule has 3 rings (SSSR count). The van der Waals surface area contributed by atoms with E-state index in [1.807, 2.05) is 31.1 Å². The van der Waals surface area contributed by atoms with Crippen LogP contribution in [-0.2, 0) is 0 Å². The van der Waals surface area contributed by atoms with E-state index >= 15 is 0 Å². The van der Waals surface area contributed by atoms with Crippen LogP contribution in [0.5, 0.6) is 5.75 Å². The molecular weight excluding hydrogens is 385 g/mol. The van der Waals surface area contributed by atoms with Crippen molar-refractivity contribution in [1.29, 1.82) is 0 Å². The highest BCUT2D eigenvalue weighted by molar-refractivity contribution is 6.42. The number of hydrogen-bond acceptors (Lipinski definition) is 6. The number of likely N-dealkylation sites (tertiary alicyclic amines) is 1. The minimum Gasteiger partial charge on any atom is -0.490 e. The molecule has 0 aliphatic carbocycles. The predicted octanol–water partition coefficient (Wildman–Crippen LogP) is 3.80. The molecule has 1 fully saturated rings. The number of nitrogens with one attached hydrogen (secondary N) is 1. The number of piperidine rings is 1. The zero-order valence-corrected chi connectivity index (χ0v) is 17.2. The van der Waals surface area contributed by atoms with E-state index in [1.165, 1.54) is 0 Å². The number of hydrogen-bond donors (Lipinski definition) is 1. The third-order valence-corrected chi connectivity index (χ3v) is 5.24. The molecule has 1 aliphatic heterocycles. The van der Waals surface area contributed by atoms with E-state index in [9.17, 15) is 0 Å². The predicted molar refractivity (Wildman–Crippen MR) is 111 cm³/mol. The first-order valence-electron chi connectivity index (χ1n) is 9.09. The third kappa shape index (κ3) is 5.86. The number of nitrogens with zero attached hydrogens (tertiary/aromatic N) is 4. The van der Waals surface area contributed by atoms with Crippen molar-refractivity contribution in [3.8, 4) is 5.75 Å².